The average Bonchev–Trinajstić information content (AvgIpc) is 3.49. The molecule has 1 saturated carbocycles. The van der Waals surface area contributed by atoms with Gasteiger partial charge < -0.3 is 30.9 Å². The van der Waals surface area contributed by atoms with Crippen molar-refractivity contribution in [2.45, 2.75) is 38.5 Å². The maximum atomic E-state index is 12.0. The molecule has 0 amide bonds. The van der Waals surface area contributed by atoms with E-state index in [1.807, 2.05) is 18.2 Å². The third-order valence-corrected chi connectivity index (χ3v) is 5.77. The lowest BCUT2D eigenvalue weighted by atomic mass is 10.2. The number of nitrogens with zero attached hydrogens (tertiary/aromatic N) is 1. The van der Waals surface area contributed by atoms with Crippen LogP contribution in [0.2, 0.25) is 0 Å². The van der Waals surface area contributed by atoms with E-state index in [-0.39, 0.29) is 31.3 Å². The van der Waals surface area contributed by atoms with Crippen LogP contribution < -0.4 is 21.1 Å². The van der Waals surface area contributed by atoms with Crippen LogP contribution in [-0.4, -0.2) is 57.2 Å². The van der Waals surface area contributed by atoms with E-state index in [1.165, 1.54) is 12.8 Å². The first-order chi connectivity index (χ1) is 14.3. The number of hydrogen-bond acceptors (Lipinski definition) is 9. The lowest BCUT2D eigenvalue weighted by molar-refractivity contribution is -0.137. The summed E-state index contributed by atoms with van der Waals surface area (Å²) in [5, 5.41) is 16.2. The number of esters is 1. The second-order valence-electron chi connectivity index (χ2n) is 7.03. The van der Waals surface area contributed by atoms with Gasteiger partial charge in [-0.05, 0) is 37.5 Å². The molecule has 30 heavy (non-hydrogen) atoms. The molecule has 0 aromatic heterocycles. The van der Waals surface area contributed by atoms with Gasteiger partial charge in [0.2, 0.25) is 4.91 Å². The number of nitrogens with one attached hydrogen (secondary N) is 2. The van der Waals surface area contributed by atoms with Crippen molar-refractivity contribution in [3.8, 4) is 5.75 Å². The Morgan fingerprint density at radius 3 is 2.87 bits per heavy atom. The minimum absolute atomic E-state index is 0.00178. The quantitative estimate of drug-likeness (QED) is 0.362. The van der Waals surface area contributed by atoms with Gasteiger partial charge in [-0.3, -0.25) is 0 Å². The third-order valence-electron chi connectivity index (χ3n) is 4.45. The molecule has 0 saturated heterocycles. The van der Waals surface area contributed by atoms with Gasteiger partial charge in [0.05, 0.1) is 6.61 Å². The van der Waals surface area contributed by atoms with Crippen LogP contribution in [0.15, 0.2) is 39.3 Å². The summed E-state index contributed by atoms with van der Waals surface area (Å²) in [4.78, 5) is 11.1. The summed E-state index contributed by atoms with van der Waals surface area (Å²) in [5.74, 6) is -0.644. The Hall–Kier alpha value is -2.63. The SMILES string of the molecule is CCOC(=O)C1=C(N)C(NCC(O)COc2cccc(CNC3CC3)c2)=NS1(=O)=O. The molecule has 11 heteroatoms. The van der Waals surface area contributed by atoms with Gasteiger partial charge in [0.15, 0.2) is 5.84 Å². The van der Waals surface area contributed by atoms with Gasteiger partial charge in [0.1, 0.15) is 24.2 Å². The van der Waals surface area contributed by atoms with E-state index in [4.69, 9.17) is 15.2 Å². The van der Waals surface area contributed by atoms with Crippen molar-refractivity contribution < 1.29 is 27.8 Å². The highest BCUT2D eigenvalue weighted by Crippen LogP contribution is 2.22. The van der Waals surface area contributed by atoms with Crippen molar-refractivity contribution in [2.75, 3.05) is 19.8 Å². The normalized spacial score (nSPS) is 18.7. The van der Waals surface area contributed by atoms with Crippen molar-refractivity contribution in [1.29, 1.82) is 0 Å². The second kappa shape index (κ2) is 9.45. The molecular formula is C19H26N4O6S. The zero-order valence-corrected chi connectivity index (χ0v) is 17.4. The Labute approximate surface area is 175 Å². The summed E-state index contributed by atoms with van der Waals surface area (Å²) in [7, 11) is -4.24. The largest absolute Gasteiger partial charge is 0.491 e. The molecule has 0 radical (unpaired) electrons. The number of amidine groups is 1. The zero-order chi connectivity index (χ0) is 21.7. The minimum atomic E-state index is -4.24. The molecule has 10 nitrogen and oxygen atoms in total. The molecule has 1 unspecified atom stereocenters. The number of benzene rings is 1. The highest BCUT2D eigenvalue weighted by molar-refractivity contribution is 7.95. The molecule has 164 valence electrons. The molecule has 3 rings (SSSR count). The van der Waals surface area contributed by atoms with Crippen molar-refractivity contribution in [3.63, 3.8) is 0 Å². The Morgan fingerprint density at radius 2 is 2.17 bits per heavy atom. The van der Waals surface area contributed by atoms with Gasteiger partial charge in [0.25, 0.3) is 10.0 Å². The van der Waals surface area contributed by atoms with Crippen LogP contribution in [0.1, 0.15) is 25.3 Å². The molecule has 2 aliphatic rings. The first-order valence-electron chi connectivity index (χ1n) is 9.69. The minimum Gasteiger partial charge on any atom is -0.491 e. The fourth-order valence-electron chi connectivity index (χ4n) is 2.76. The van der Waals surface area contributed by atoms with E-state index in [9.17, 15) is 18.3 Å². The molecule has 1 heterocycles. The van der Waals surface area contributed by atoms with Crippen LogP contribution in [0.5, 0.6) is 5.75 Å². The van der Waals surface area contributed by atoms with Gasteiger partial charge in [-0.2, -0.15) is 8.42 Å². The van der Waals surface area contributed by atoms with Gasteiger partial charge in [-0.1, -0.05) is 12.1 Å². The summed E-state index contributed by atoms with van der Waals surface area (Å²) < 4.78 is 37.8. The Balaban J connectivity index is 1.50. The number of rotatable bonds is 10. The first kappa shape index (κ1) is 22.1. The van der Waals surface area contributed by atoms with Crippen LogP contribution in [0.25, 0.3) is 0 Å². The number of carbonyl (C=O) groups excluding carboxylic acids is 1. The highest BCUT2D eigenvalue weighted by atomic mass is 32.2. The molecule has 0 spiro atoms. The lowest BCUT2D eigenvalue weighted by Crippen LogP contribution is -2.37. The number of hydrogen-bond donors (Lipinski definition) is 4. The van der Waals surface area contributed by atoms with Crippen molar-refractivity contribution in [3.05, 3.63) is 40.4 Å². The van der Waals surface area contributed by atoms with Gasteiger partial charge >= 0.3 is 5.97 Å². The summed E-state index contributed by atoms with van der Waals surface area (Å²) in [6.07, 6.45) is 1.45. The summed E-state index contributed by atoms with van der Waals surface area (Å²) in [6, 6.07) is 8.17. The van der Waals surface area contributed by atoms with Crippen LogP contribution in [0.3, 0.4) is 0 Å². The first-order valence-corrected chi connectivity index (χ1v) is 11.1. The van der Waals surface area contributed by atoms with Gasteiger partial charge in [-0.15, -0.1) is 4.40 Å². The lowest BCUT2D eigenvalue weighted by Gasteiger charge is -2.14. The Morgan fingerprint density at radius 1 is 1.40 bits per heavy atom. The fraction of sp³-hybridized carbons (Fsp3) is 0.474. The van der Waals surface area contributed by atoms with Crippen LogP contribution in [0.4, 0.5) is 0 Å². The fourth-order valence-corrected chi connectivity index (χ4v) is 3.90. The molecule has 1 aromatic rings. The van der Waals surface area contributed by atoms with Crippen LogP contribution >= 0.6 is 0 Å². The summed E-state index contributed by atoms with van der Waals surface area (Å²) in [6.45, 7) is 2.21. The standard InChI is InChI=1S/C19H26N4O6S/c1-2-28-19(25)17-16(20)18(23-30(17,26)27)22-10-14(24)11-29-15-5-3-4-12(8-15)9-21-13-6-7-13/h3-5,8,13-14,21,24H,2,6-7,9-11,20H2,1H3,(H,22,23). The number of aliphatic hydroxyl groups is 1. The van der Waals surface area contributed by atoms with E-state index in [1.54, 1.807) is 13.0 Å². The van der Waals surface area contributed by atoms with Crippen molar-refractivity contribution in [2.24, 2.45) is 10.1 Å². The third kappa shape index (κ3) is 5.71. The highest BCUT2D eigenvalue weighted by Gasteiger charge is 2.37. The van der Waals surface area contributed by atoms with E-state index in [0.29, 0.717) is 11.8 Å². The van der Waals surface area contributed by atoms with Crippen molar-refractivity contribution >= 4 is 21.8 Å². The zero-order valence-electron chi connectivity index (χ0n) is 16.6. The Kier molecular flexibility index (Phi) is 6.95. The predicted octanol–water partition coefficient (Wildman–Crippen LogP) is -0.257. The molecule has 1 aliphatic heterocycles. The van der Waals surface area contributed by atoms with Crippen LogP contribution in [0, 0.1) is 0 Å². The molecule has 0 bridgehead atoms. The average molecular weight is 439 g/mol. The molecule has 5 N–H and O–H groups in total. The molecule has 1 fully saturated rings. The van der Waals surface area contributed by atoms with Crippen LogP contribution in [-0.2, 0) is 26.1 Å². The molecule has 1 aromatic carbocycles. The van der Waals surface area contributed by atoms with E-state index in [0.717, 1.165) is 12.1 Å². The second-order valence-corrected chi connectivity index (χ2v) is 8.57. The number of ether oxygens (including phenoxy) is 2. The van der Waals surface area contributed by atoms with E-state index in [2.05, 4.69) is 15.0 Å². The summed E-state index contributed by atoms with van der Waals surface area (Å²) in [5.41, 5.74) is 6.49. The molecule has 1 aliphatic carbocycles. The topological polar surface area (TPSA) is 152 Å². The Bertz CT molecular complexity index is 956. The number of aliphatic hydroxyl groups excluding tert-OH is 1. The van der Waals surface area contributed by atoms with Gasteiger partial charge in [0, 0.05) is 19.1 Å². The molecular weight excluding hydrogens is 412 g/mol. The van der Waals surface area contributed by atoms with Crippen molar-refractivity contribution in [1.82, 2.24) is 10.6 Å². The number of nitrogens with two attached hydrogens (primary N) is 1. The molecule has 1 atom stereocenters. The van der Waals surface area contributed by atoms with E-state index < -0.39 is 27.0 Å². The van der Waals surface area contributed by atoms with Gasteiger partial charge in [-0.25, -0.2) is 4.79 Å². The summed E-state index contributed by atoms with van der Waals surface area (Å²) >= 11 is 0. The number of sulfonamides is 1. The predicted molar refractivity (Wildman–Crippen MR) is 110 cm³/mol. The monoisotopic (exact) mass is 438 g/mol. The number of carbonyl (C=O) groups is 1. The maximum Gasteiger partial charge on any atom is 0.354 e. The maximum absolute atomic E-state index is 12.0. The smallest absolute Gasteiger partial charge is 0.354 e. The van der Waals surface area contributed by atoms with E-state index >= 15 is 0 Å².